The Bertz CT molecular complexity index is 675. The molecule has 0 aliphatic carbocycles. The first-order chi connectivity index (χ1) is 14.4. The van der Waals surface area contributed by atoms with E-state index in [1.807, 2.05) is 44.2 Å². The zero-order valence-corrected chi connectivity index (χ0v) is 18.3. The van der Waals surface area contributed by atoms with Gasteiger partial charge in [-0.3, -0.25) is 14.5 Å². The maximum Gasteiger partial charge on any atom is 0.408 e. The normalized spacial score (nSPS) is 11.5. The highest BCUT2D eigenvalue weighted by Crippen LogP contribution is 2.14. The SMILES string of the molecule is C=C(OCC=O)N(CCCCC)C(=O)[C@H](CC(C)C)NC(=O)OCc1ccccc1. The molecule has 1 atom stereocenters. The van der Waals surface area contributed by atoms with Crippen LogP contribution in [0.25, 0.3) is 0 Å². The third kappa shape index (κ3) is 9.58. The highest BCUT2D eigenvalue weighted by molar-refractivity contribution is 5.86. The zero-order chi connectivity index (χ0) is 22.4. The number of hydrogen-bond donors (Lipinski definition) is 1. The molecule has 0 aliphatic heterocycles. The molecule has 0 heterocycles. The standard InChI is InChI=1S/C23H34N2O5/c1-5-6-10-13-25(19(4)29-15-14-26)22(27)21(16-18(2)3)24-23(28)30-17-20-11-8-7-9-12-20/h7-9,11-12,14,18,21H,4-6,10,13,15-17H2,1-3H3,(H,24,28)/t21-/m0/s1. The quantitative estimate of drug-likeness (QED) is 0.280. The maximum atomic E-state index is 13.2. The molecule has 7 nitrogen and oxygen atoms in total. The van der Waals surface area contributed by atoms with Gasteiger partial charge in [-0.25, -0.2) is 4.79 Å². The van der Waals surface area contributed by atoms with Crippen molar-refractivity contribution in [3.05, 3.63) is 48.4 Å². The van der Waals surface area contributed by atoms with Crippen molar-refractivity contribution in [2.24, 2.45) is 5.92 Å². The summed E-state index contributed by atoms with van der Waals surface area (Å²) in [5, 5.41) is 2.68. The third-order valence-electron chi connectivity index (χ3n) is 4.38. The molecule has 0 fully saturated rings. The minimum absolute atomic E-state index is 0.108. The van der Waals surface area contributed by atoms with Crippen LogP contribution in [-0.2, 0) is 25.7 Å². The van der Waals surface area contributed by atoms with Gasteiger partial charge in [0.1, 0.15) is 19.3 Å². The Morgan fingerprint density at radius 2 is 1.87 bits per heavy atom. The monoisotopic (exact) mass is 418 g/mol. The second-order valence-electron chi connectivity index (χ2n) is 7.46. The van der Waals surface area contributed by atoms with Gasteiger partial charge in [0.15, 0.2) is 12.2 Å². The number of hydrogen-bond acceptors (Lipinski definition) is 5. The van der Waals surface area contributed by atoms with E-state index in [0.29, 0.717) is 19.3 Å². The van der Waals surface area contributed by atoms with Crippen LogP contribution in [0.5, 0.6) is 0 Å². The van der Waals surface area contributed by atoms with Gasteiger partial charge in [-0.2, -0.15) is 0 Å². The lowest BCUT2D eigenvalue weighted by molar-refractivity contribution is -0.135. The summed E-state index contributed by atoms with van der Waals surface area (Å²) in [7, 11) is 0. The minimum atomic E-state index is -0.786. The van der Waals surface area contributed by atoms with Crippen LogP contribution < -0.4 is 5.32 Å². The van der Waals surface area contributed by atoms with E-state index in [4.69, 9.17) is 9.47 Å². The van der Waals surface area contributed by atoms with Gasteiger partial charge in [-0.15, -0.1) is 0 Å². The second kappa shape index (κ2) is 14.2. The number of ether oxygens (including phenoxy) is 2. The number of amides is 2. The summed E-state index contributed by atoms with van der Waals surface area (Å²) in [5.74, 6) is -0.0567. The average Bonchev–Trinajstić information content (AvgIpc) is 2.73. The predicted molar refractivity (Wildman–Crippen MR) is 115 cm³/mol. The van der Waals surface area contributed by atoms with E-state index in [2.05, 4.69) is 18.8 Å². The van der Waals surface area contributed by atoms with Crippen molar-refractivity contribution in [2.45, 2.75) is 59.1 Å². The third-order valence-corrected chi connectivity index (χ3v) is 4.38. The van der Waals surface area contributed by atoms with Crippen molar-refractivity contribution < 1.29 is 23.9 Å². The van der Waals surface area contributed by atoms with E-state index in [1.54, 1.807) is 0 Å². The highest BCUT2D eigenvalue weighted by Gasteiger charge is 2.29. The molecule has 0 aliphatic rings. The van der Waals surface area contributed by atoms with Crippen molar-refractivity contribution in [1.29, 1.82) is 0 Å². The Balaban J connectivity index is 2.83. The lowest BCUT2D eigenvalue weighted by Gasteiger charge is -2.29. The average molecular weight is 419 g/mol. The lowest BCUT2D eigenvalue weighted by atomic mass is 10.0. The molecular weight excluding hydrogens is 384 g/mol. The van der Waals surface area contributed by atoms with Crippen LogP contribution in [0.4, 0.5) is 4.79 Å². The fourth-order valence-electron chi connectivity index (χ4n) is 2.87. The molecule has 1 rings (SSSR count). The molecule has 1 N–H and O–H groups in total. The minimum Gasteiger partial charge on any atom is -0.472 e. The summed E-state index contributed by atoms with van der Waals surface area (Å²) in [6, 6.07) is 8.53. The molecule has 0 spiro atoms. The number of nitrogens with zero attached hydrogens (tertiary/aromatic N) is 1. The first-order valence-corrected chi connectivity index (χ1v) is 10.4. The van der Waals surface area contributed by atoms with Crippen LogP contribution in [-0.4, -0.2) is 42.4 Å². The molecule has 166 valence electrons. The van der Waals surface area contributed by atoms with Crippen LogP contribution >= 0.6 is 0 Å². The zero-order valence-electron chi connectivity index (χ0n) is 18.3. The molecule has 0 saturated heterocycles. The fourth-order valence-corrected chi connectivity index (χ4v) is 2.87. The first-order valence-electron chi connectivity index (χ1n) is 10.4. The van der Waals surface area contributed by atoms with Crippen LogP contribution in [0.3, 0.4) is 0 Å². The summed E-state index contributed by atoms with van der Waals surface area (Å²) < 4.78 is 10.5. The molecule has 30 heavy (non-hydrogen) atoms. The summed E-state index contributed by atoms with van der Waals surface area (Å²) in [5.41, 5.74) is 0.858. The number of nitrogens with one attached hydrogen (secondary N) is 1. The van der Waals surface area contributed by atoms with Crippen LogP contribution in [0.15, 0.2) is 42.8 Å². The molecule has 2 amide bonds. The largest absolute Gasteiger partial charge is 0.472 e. The van der Waals surface area contributed by atoms with Crippen molar-refractivity contribution in [3.63, 3.8) is 0 Å². The molecule has 1 aromatic rings. The van der Waals surface area contributed by atoms with Crippen molar-refractivity contribution in [2.75, 3.05) is 13.2 Å². The molecule has 1 aromatic carbocycles. The molecular formula is C23H34N2O5. The van der Waals surface area contributed by atoms with Gasteiger partial charge in [0.2, 0.25) is 0 Å². The van der Waals surface area contributed by atoms with Gasteiger partial charge in [-0.05, 0) is 30.9 Å². The van der Waals surface area contributed by atoms with Crippen molar-refractivity contribution in [3.8, 4) is 0 Å². The van der Waals surface area contributed by atoms with E-state index in [-0.39, 0.29) is 30.9 Å². The maximum absolute atomic E-state index is 13.2. The van der Waals surface area contributed by atoms with Crippen LogP contribution in [0, 0.1) is 5.92 Å². The number of rotatable bonds is 14. The number of carbonyl (C=O) groups is 3. The summed E-state index contributed by atoms with van der Waals surface area (Å²) in [6.07, 6.45) is 3.06. The van der Waals surface area contributed by atoms with Gasteiger partial charge in [0, 0.05) is 6.54 Å². The number of benzene rings is 1. The smallest absolute Gasteiger partial charge is 0.408 e. The Kier molecular flexibility index (Phi) is 11.9. The molecule has 7 heteroatoms. The molecule has 0 unspecified atom stereocenters. The van der Waals surface area contributed by atoms with Crippen molar-refractivity contribution >= 4 is 18.3 Å². The van der Waals surface area contributed by atoms with E-state index in [9.17, 15) is 14.4 Å². The van der Waals surface area contributed by atoms with Gasteiger partial charge in [0.05, 0.1) is 0 Å². The Morgan fingerprint density at radius 3 is 2.47 bits per heavy atom. The van der Waals surface area contributed by atoms with E-state index in [1.165, 1.54) is 4.90 Å². The van der Waals surface area contributed by atoms with E-state index >= 15 is 0 Å². The molecule has 0 aromatic heterocycles. The first kappa shape index (κ1) is 25.2. The Labute approximate surface area is 179 Å². The van der Waals surface area contributed by atoms with Gasteiger partial charge in [-0.1, -0.05) is 63.9 Å². The summed E-state index contributed by atoms with van der Waals surface area (Å²) in [6.45, 7) is 10.1. The van der Waals surface area contributed by atoms with E-state index < -0.39 is 12.1 Å². The number of aldehydes is 1. The number of unbranched alkanes of at least 4 members (excludes halogenated alkanes) is 2. The fraction of sp³-hybridized carbons (Fsp3) is 0.522. The molecule has 0 radical (unpaired) electrons. The highest BCUT2D eigenvalue weighted by atomic mass is 16.5. The molecule has 0 saturated carbocycles. The van der Waals surface area contributed by atoms with Crippen molar-refractivity contribution in [1.82, 2.24) is 10.2 Å². The van der Waals surface area contributed by atoms with Gasteiger partial charge < -0.3 is 14.8 Å². The van der Waals surface area contributed by atoms with E-state index in [0.717, 1.165) is 24.8 Å². The number of carbonyl (C=O) groups excluding carboxylic acids is 3. The van der Waals surface area contributed by atoms with Gasteiger partial charge >= 0.3 is 6.09 Å². The summed E-state index contributed by atoms with van der Waals surface area (Å²) >= 11 is 0. The Morgan fingerprint density at radius 1 is 1.17 bits per heavy atom. The topological polar surface area (TPSA) is 84.9 Å². The van der Waals surface area contributed by atoms with Crippen LogP contribution in [0.2, 0.25) is 0 Å². The molecule has 0 bridgehead atoms. The Hall–Kier alpha value is -2.83. The summed E-state index contributed by atoms with van der Waals surface area (Å²) in [4.78, 5) is 37.6. The predicted octanol–water partition coefficient (Wildman–Crippen LogP) is 4.03. The second-order valence-corrected chi connectivity index (χ2v) is 7.46. The lowest BCUT2D eigenvalue weighted by Crippen LogP contribution is -2.49. The van der Waals surface area contributed by atoms with Crippen LogP contribution in [0.1, 0.15) is 52.0 Å². The van der Waals surface area contributed by atoms with Gasteiger partial charge in [0.25, 0.3) is 5.91 Å². The number of alkyl carbamates (subject to hydrolysis) is 1.